The largest absolute Gasteiger partial charge is 0.462 e. The Balaban J connectivity index is 0.00000363. The Morgan fingerprint density at radius 3 is 2.72 bits per heavy atom. The van der Waals surface area contributed by atoms with Crippen molar-refractivity contribution in [1.82, 2.24) is 25.2 Å². The zero-order valence-electron chi connectivity index (χ0n) is 19.1. The molecule has 2 N–H and O–H groups in total. The molecule has 0 amide bonds. The number of hydrogen-bond donors (Lipinski definition) is 2. The number of para-hydroxylation sites is 2. The molecule has 0 bridgehead atoms. The fourth-order valence-electron chi connectivity index (χ4n) is 3.32. The van der Waals surface area contributed by atoms with Gasteiger partial charge in [-0.3, -0.25) is 4.99 Å². The van der Waals surface area contributed by atoms with Gasteiger partial charge in [0.05, 0.1) is 35.9 Å². The number of hydrogen-bond acceptors (Lipinski definition) is 6. The summed E-state index contributed by atoms with van der Waals surface area (Å²) in [6, 6.07) is 8.03. The molecular formula is C22H31IN6O2S. The first kappa shape index (κ1) is 26.0. The number of nitrogens with zero attached hydrogens (tertiary/aromatic N) is 4. The van der Waals surface area contributed by atoms with Crippen LogP contribution in [0.4, 0.5) is 0 Å². The molecule has 0 aliphatic rings. The topological polar surface area (TPSA) is 93.4 Å². The maximum atomic E-state index is 12.1. The number of ether oxygens (including phenoxy) is 1. The Labute approximate surface area is 209 Å². The molecule has 0 aliphatic heterocycles. The average molecular weight is 571 g/mol. The molecule has 32 heavy (non-hydrogen) atoms. The molecule has 1 aromatic carbocycles. The van der Waals surface area contributed by atoms with Crippen LogP contribution in [0.15, 0.2) is 29.3 Å². The second-order valence-corrected chi connectivity index (χ2v) is 8.14. The molecule has 0 spiro atoms. The summed E-state index contributed by atoms with van der Waals surface area (Å²) in [5.74, 6) is 1.37. The van der Waals surface area contributed by atoms with Crippen molar-refractivity contribution in [2.45, 2.75) is 47.2 Å². The van der Waals surface area contributed by atoms with E-state index >= 15 is 0 Å². The van der Waals surface area contributed by atoms with Gasteiger partial charge in [0.15, 0.2) is 5.96 Å². The van der Waals surface area contributed by atoms with Crippen LogP contribution in [0.25, 0.3) is 11.0 Å². The van der Waals surface area contributed by atoms with Crippen LogP contribution in [0.2, 0.25) is 0 Å². The Morgan fingerprint density at radius 2 is 2.00 bits per heavy atom. The highest BCUT2D eigenvalue weighted by atomic mass is 127. The molecule has 8 nitrogen and oxygen atoms in total. The molecule has 0 aliphatic carbocycles. The van der Waals surface area contributed by atoms with Crippen molar-refractivity contribution in [3.05, 3.63) is 45.7 Å². The van der Waals surface area contributed by atoms with Crippen LogP contribution in [-0.2, 0) is 11.3 Å². The van der Waals surface area contributed by atoms with Gasteiger partial charge in [0.2, 0.25) is 0 Å². The third kappa shape index (κ3) is 6.18. The molecule has 1 atom stereocenters. The lowest BCUT2D eigenvalue weighted by atomic mass is 10.3. The molecule has 2 aromatic heterocycles. The van der Waals surface area contributed by atoms with Gasteiger partial charge in [-0.1, -0.05) is 12.1 Å². The van der Waals surface area contributed by atoms with E-state index in [1.807, 2.05) is 45.9 Å². The lowest BCUT2D eigenvalue weighted by Gasteiger charge is -2.16. The molecule has 0 radical (unpaired) electrons. The third-order valence-corrected chi connectivity index (χ3v) is 6.10. The second-order valence-electron chi connectivity index (χ2n) is 7.11. The van der Waals surface area contributed by atoms with Crippen LogP contribution in [0.1, 0.15) is 53.0 Å². The van der Waals surface area contributed by atoms with E-state index < -0.39 is 0 Å². The second kappa shape index (κ2) is 12.1. The van der Waals surface area contributed by atoms with Gasteiger partial charge in [-0.2, -0.15) is 0 Å². The Morgan fingerprint density at radius 1 is 1.25 bits per heavy atom. The van der Waals surface area contributed by atoms with Crippen LogP contribution in [0.5, 0.6) is 0 Å². The number of esters is 1. The Kier molecular flexibility index (Phi) is 9.88. The van der Waals surface area contributed by atoms with E-state index in [0.717, 1.165) is 35.0 Å². The first-order valence-corrected chi connectivity index (χ1v) is 11.4. The van der Waals surface area contributed by atoms with Crippen LogP contribution >= 0.6 is 35.3 Å². The molecule has 0 saturated heterocycles. The summed E-state index contributed by atoms with van der Waals surface area (Å²) in [6.07, 6.45) is 0. The number of rotatable bonds is 8. The number of thiazole rings is 1. The number of aryl methyl sites for hydroxylation is 2. The highest BCUT2D eigenvalue weighted by Crippen LogP contribution is 2.24. The summed E-state index contributed by atoms with van der Waals surface area (Å²) < 4.78 is 7.30. The summed E-state index contributed by atoms with van der Waals surface area (Å²) in [6.45, 7) is 12.1. The predicted octanol–water partition coefficient (Wildman–Crippen LogP) is 4.22. The Bertz CT molecular complexity index is 1080. The summed E-state index contributed by atoms with van der Waals surface area (Å²) in [5.41, 5.74) is 2.81. The van der Waals surface area contributed by atoms with Gasteiger partial charge in [0.1, 0.15) is 15.7 Å². The number of carbonyl (C=O) groups excluding carboxylic acids is 1. The SMILES string of the molecule is CCNC(=NCCn1c(C)nc2ccccc21)NC(C)c1nc(C)c(C(=O)OCC)s1.I. The number of carbonyl (C=O) groups is 1. The van der Waals surface area contributed by atoms with Crippen molar-refractivity contribution in [3.8, 4) is 0 Å². The maximum absolute atomic E-state index is 12.1. The van der Waals surface area contributed by atoms with Crippen molar-refractivity contribution in [2.24, 2.45) is 4.99 Å². The smallest absolute Gasteiger partial charge is 0.350 e. The van der Waals surface area contributed by atoms with Crippen LogP contribution in [-0.4, -0.2) is 46.2 Å². The first-order valence-electron chi connectivity index (χ1n) is 10.6. The van der Waals surface area contributed by atoms with Gasteiger partial charge >= 0.3 is 5.97 Å². The van der Waals surface area contributed by atoms with E-state index in [2.05, 4.69) is 31.2 Å². The van der Waals surface area contributed by atoms with E-state index in [4.69, 9.17) is 9.73 Å². The normalized spacial score (nSPS) is 12.3. The van der Waals surface area contributed by atoms with Gasteiger partial charge < -0.3 is 19.9 Å². The number of guanidine groups is 1. The quantitative estimate of drug-likeness (QED) is 0.182. The zero-order chi connectivity index (χ0) is 22.4. The van der Waals surface area contributed by atoms with Crippen molar-refractivity contribution in [1.29, 1.82) is 0 Å². The van der Waals surface area contributed by atoms with Crippen LogP contribution < -0.4 is 10.6 Å². The lowest BCUT2D eigenvalue weighted by molar-refractivity contribution is 0.0531. The van der Waals surface area contributed by atoms with Gasteiger partial charge in [-0.25, -0.2) is 14.8 Å². The van der Waals surface area contributed by atoms with Crippen molar-refractivity contribution in [3.63, 3.8) is 0 Å². The number of aliphatic imine (C=N–C) groups is 1. The summed E-state index contributed by atoms with van der Waals surface area (Å²) in [4.78, 5) is 26.5. The average Bonchev–Trinajstić information content (AvgIpc) is 3.28. The predicted molar refractivity (Wildman–Crippen MR) is 140 cm³/mol. The van der Waals surface area contributed by atoms with E-state index in [0.29, 0.717) is 29.7 Å². The standard InChI is InChI=1S/C22H30N6O2S.HI/c1-6-23-22(24-12-13-28-16(5)27-17-10-8-9-11-18(17)28)26-15(4)20-25-14(3)19(31-20)21(29)30-7-2;/h8-11,15H,6-7,12-13H2,1-5H3,(H2,23,24,26);1H. The molecule has 3 aromatic rings. The van der Waals surface area contributed by atoms with E-state index in [1.54, 1.807) is 6.92 Å². The van der Waals surface area contributed by atoms with E-state index in [1.165, 1.54) is 11.3 Å². The van der Waals surface area contributed by atoms with Crippen molar-refractivity contribution >= 4 is 58.3 Å². The number of fused-ring (bicyclic) bond motifs is 1. The number of nitrogens with one attached hydrogen (secondary N) is 2. The molecule has 0 saturated carbocycles. The monoisotopic (exact) mass is 570 g/mol. The van der Waals surface area contributed by atoms with E-state index in [-0.39, 0.29) is 36.0 Å². The fourth-order valence-corrected chi connectivity index (χ4v) is 4.28. The van der Waals surface area contributed by atoms with Crippen LogP contribution in [0.3, 0.4) is 0 Å². The van der Waals surface area contributed by atoms with Gasteiger partial charge in [0, 0.05) is 13.1 Å². The summed E-state index contributed by atoms with van der Waals surface area (Å²) in [5, 5.41) is 7.49. The molecule has 3 rings (SSSR count). The minimum Gasteiger partial charge on any atom is -0.462 e. The van der Waals surface area contributed by atoms with E-state index in [9.17, 15) is 4.79 Å². The van der Waals surface area contributed by atoms with Gasteiger partial charge in [-0.15, -0.1) is 35.3 Å². The first-order chi connectivity index (χ1) is 14.9. The van der Waals surface area contributed by atoms with Crippen molar-refractivity contribution < 1.29 is 9.53 Å². The highest BCUT2D eigenvalue weighted by Gasteiger charge is 2.20. The molecule has 10 heteroatoms. The van der Waals surface area contributed by atoms with Crippen LogP contribution in [0, 0.1) is 13.8 Å². The zero-order valence-corrected chi connectivity index (χ0v) is 22.3. The summed E-state index contributed by atoms with van der Waals surface area (Å²) in [7, 11) is 0. The Hall–Kier alpha value is -2.21. The number of halogens is 1. The molecular weight excluding hydrogens is 539 g/mol. The van der Waals surface area contributed by atoms with Gasteiger partial charge in [0.25, 0.3) is 0 Å². The molecule has 0 fully saturated rings. The third-order valence-electron chi connectivity index (χ3n) is 4.78. The highest BCUT2D eigenvalue weighted by molar-refractivity contribution is 14.0. The molecule has 1 unspecified atom stereocenters. The number of benzene rings is 1. The molecule has 2 heterocycles. The summed E-state index contributed by atoms with van der Waals surface area (Å²) >= 11 is 1.36. The lowest BCUT2D eigenvalue weighted by Crippen LogP contribution is -2.39. The number of aromatic nitrogens is 3. The molecule has 174 valence electrons. The maximum Gasteiger partial charge on any atom is 0.350 e. The minimum atomic E-state index is -0.320. The minimum absolute atomic E-state index is 0. The fraction of sp³-hybridized carbons (Fsp3) is 0.455. The number of imidazole rings is 1. The van der Waals surface area contributed by atoms with Crippen molar-refractivity contribution in [2.75, 3.05) is 19.7 Å². The van der Waals surface area contributed by atoms with Gasteiger partial charge in [-0.05, 0) is 46.8 Å².